The summed E-state index contributed by atoms with van der Waals surface area (Å²) in [5.74, 6) is 0.443. The predicted octanol–water partition coefficient (Wildman–Crippen LogP) is 7.51. The van der Waals surface area contributed by atoms with E-state index in [0.717, 1.165) is 35.3 Å². The summed E-state index contributed by atoms with van der Waals surface area (Å²) >= 11 is 0. The predicted molar refractivity (Wildman–Crippen MR) is 209 cm³/mol. The van der Waals surface area contributed by atoms with Gasteiger partial charge >= 0.3 is 17.9 Å². The highest BCUT2D eigenvalue weighted by Crippen LogP contribution is 2.35. The van der Waals surface area contributed by atoms with Crippen molar-refractivity contribution in [2.45, 2.75) is 77.7 Å². The van der Waals surface area contributed by atoms with Crippen LogP contribution in [0.25, 0.3) is 22.2 Å². The monoisotopic (exact) mass is 760 g/mol. The molecule has 13 nitrogen and oxygen atoms in total. The first-order chi connectivity index (χ1) is 27.0. The van der Waals surface area contributed by atoms with Crippen molar-refractivity contribution in [3.05, 3.63) is 119 Å². The van der Waals surface area contributed by atoms with Crippen LogP contribution < -0.4 is 15.4 Å². The van der Waals surface area contributed by atoms with E-state index in [-0.39, 0.29) is 42.8 Å². The fourth-order valence-electron chi connectivity index (χ4n) is 6.66. The minimum atomic E-state index is -0.590. The van der Waals surface area contributed by atoms with Crippen LogP contribution in [0.5, 0.6) is 5.75 Å². The minimum absolute atomic E-state index is 0.00262. The van der Waals surface area contributed by atoms with Crippen LogP contribution >= 0.6 is 0 Å². The Morgan fingerprint density at radius 1 is 1.00 bits per heavy atom. The van der Waals surface area contributed by atoms with Crippen LogP contribution in [0.2, 0.25) is 0 Å². The molecule has 2 N–H and O–H groups in total. The van der Waals surface area contributed by atoms with E-state index in [9.17, 15) is 9.59 Å². The molecule has 0 saturated carbocycles. The molecule has 1 fully saturated rings. The molecule has 1 saturated heterocycles. The Hall–Kier alpha value is -6.31. The molecule has 0 spiro atoms. The number of piperidine rings is 1. The second-order valence-corrected chi connectivity index (χ2v) is 15.0. The zero-order chi connectivity index (χ0) is 39.4. The average molecular weight is 761 g/mol. The molecule has 2 atom stereocenters. The lowest BCUT2D eigenvalue weighted by Crippen LogP contribution is -2.49. The fraction of sp³-hybridized carbons (Fsp3) is 0.333. The van der Waals surface area contributed by atoms with Crippen molar-refractivity contribution in [1.29, 1.82) is 0 Å². The highest BCUT2D eigenvalue weighted by molar-refractivity contribution is 6.01. The summed E-state index contributed by atoms with van der Waals surface area (Å²) in [6.07, 6.45) is 2.87. The highest BCUT2D eigenvalue weighted by Gasteiger charge is 2.31. The van der Waals surface area contributed by atoms with Crippen molar-refractivity contribution in [1.82, 2.24) is 35.1 Å². The molecule has 1 aliphatic rings. The lowest BCUT2D eigenvalue weighted by molar-refractivity contribution is 0.0695. The first-order valence-electron chi connectivity index (χ1n) is 18.6. The molecule has 6 aromatic rings. The molecule has 3 aromatic heterocycles. The Morgan fingerprint density at radius 2 is 1.79 bits per heavy atom. The maximum absolute atomic E-state index is 15.8. The van der Waals surface area contributed by atoms with Crippen molar-refractivity contribution in [2.24, 2.45) is 0 Å². The topological polar surface area (TPSA) is 150 Å². The van der Waals surface area contributed by atoms with E-state index < -0.39 is 17.1 Å². The van der Waals surface area contributed by atoms with Crippen molar-refractivity contribution in [2.75, 3.05) is 19.0 Å². The third-order valence-electron chi connectivity index (χ3n) is 9.88. The number of pyridine rings is 1. The molecule has 3 aromatic carbocycles. The van der Waals surface area contributed by atoms with Gasteiger partial charge in [0.1, 0.15) is 18.2 Å². The highest BCUT2D eigenvalue weighted by atomic mass is 19.1. The maximum Gasteiger partial charge on any atom is 0.410 e. The van der Waals surface area contributed by atoms with Crippen molar-refractivity contribution < 1.29 is 28.0 Å². The smallest absolute Gasteiger partial charge is 0.410 e. The van der Waals surface area contributed by atoms with Crippen molar-refractivity contribution in [3.8, 4) is 16.9 Å². The van der Waals surface area contributed by atoms with Gasteiger partial charge in [0.05, 0.1) is 19.0 Å². The van der Waals surface area contributed by atoms with E-state index in [0.29, 0.717) is 41.3 Å². The number of hydrogen-bond donors (Lipinski definition) is 2. The van der Waals surface area contributed by atoms with Crippen molar-refractivity contribution in [3.63, 3.8) is 0 Å². The summed E-state index contributed by atoms with van der Waals surface area (Å²) in [4.78, 5) is 36.7. The van der Waals surface area contributed by atoms with Crippen LogP contribution in [-0.4, -0.2) is 67.5 Å². The van der Waals surface area contributed by atoms with Gasteiger partial charge in [-0.1, -0.05) is 80.5 Å². The number of nitrogens with zero attached hydrogens (tertiary/aromatic N) is 6. The molecule has 1 aliphatic heterocycles. The molecule has 0 aliphatic carbocycles. The van der Waals surface area contributed by atoms with Crippen LogP contribution in [0.1, 0.15) is 73.7 Å². The Labute approximate surface area is 324 Å². The summed E-state index contributed by atoms with van der Waals surface area (Å²) in [6.45, 7) is 8.70. The Bertz CT molecular complexity index is 2320. The quantitative estimate of drug-likeness (QED) is 0.136. The largest absolute Gasteiger partial charge is 0.497 e. The van der Waals surface area contributed by atoms with E-state index in [2.05, 4.69) is 20.8 Å². The molecule has 14 heteroatoms. The van der Waals surface area contributed by atoms with E-state index in [4.69, 9.17) is 24.1 Å². The summed E-state index contributed by atoms with van der Waals surface area (Å²) in [6, 6.07) is 23.9. The van der Waals surface area contributed by atoms with Gasteiger partial charge in [0.2, 0.25) is 0 Å². The summed E-state index contributed by atoms with van der Waals surface area (Å²) in [5.41, 5.74) is 3.73. The van der Waals surface area contributed by atoms with Gasteiger partial charge in [-0.25, -0.2) is 18.9 Å². The fourth-order valence-corrected chi connectivity index (χ4v) is 6.66. The summed E-state index contributed by atoms with van der Waals surface area (Å²) in [5, 5.41) is 15.9. The molecule has 7 rings (SSSR count). The number of rotatable bonds is 11. The first-order valence-corrected chi connectivity index (χ1v) is 18.6. The third-order valence-corrected chi connectivity index (χ3v) is 9.88. The van der Waals surface area contributed by atoms with Crippen LogP contribution in [0.15, 0.2) is 89.6 Å². The summed E-state index contributed by atoms with van der Waals surface area (Å²) in [7, 11) is 1.62. The number of amides is 2. The van der Waals surface area contributed by atoms with Gasteiger partial charge in [-0.05, 0) is 66.3 Å². The molecular weight excluding hydrogens is 716 g/mol. The average Bonchev–Trinajstić information content (AvgIpc) is 3.84. The lowest BCUT2D eigenvalue weighted by Gasteiger charge is -2.37. The SMILES string of the molecule is COc1ccc(Cn2nc(N[C@@H]3CC[C@H](C)N(C(=O)OCc4ccccc4)C3)c3c(-c4ccc(CNC(=O)c5nc(C(C)(C)C)no5)c(F)c4)ccnc32)cc1. The number of aromatic nitrogens is 5. The molecule has 0 bridgehead atoms. The molecule has 290 valence electrons. The van der Waals surface area contributed by atoms with E-state index in [1.54, 1.807) is 30.3 Å². The van der Waals surface area contributed by atoms with Gasteiger partial charge in [-0.15, -0.1) is 0 Å². The number of likely N-dealkylation sites (tertiary alicyclic amines) is 1. The maximum atomic E-state index is 15.8. The minimum Gasteiger partial charge on any atom is -0.497 e. The Balaban J connectivity index is 1.15. The second kappa shape index (κ2) is 16.2. The number of fused-ring (bicyclic) bond motifs is 1. The Morgan fingerprint density at radius 3 is 2.50 bits per heavy atom. The molecule has 0 radical (unpaired) electrons. The zero-order valence-electron chi connectivity index (χ0n) is 32.1. The summed E-state index contributed by atoms with van der Waals surface area (Å²) < 4.78 is 33.8. The standard InChI is InChI=1S/C42H45FN8O5/c1-26-11-16-31(24-50(26)41(53)55-25-28-9-7-6-8-10-28)46-36-35-33(19-20-44-37(35)51(48-36)23-27-12-17-32(54-5)18-13-27)29-14-15-30(34(43)21-29)22-45-38(52)39-47-40(49-56-39)42(2,3)4/h6-10,12-15,17-21,26,31H,11,16,22-25H2,1-5H3,(H,45,52)(H,46,48)/t26-,31+/m0/s1. The second-order valence-electron chi connectivity index (χ2n) is 15.0. The number of ether oxygens (including phenoxy) is 2. The van der Waals surface area contributed by atoms with Gasteiger partial charge in [-0.3, -0.25) is 4.79 Å². The zero-order valence-corrected chi connectivity index (χ0v) is 32.1. The van der Waals surface area contributed by atoms with E-state index in [1.165, 1.54) is 6.07 Å². The van der Waals surface area contributed by atoms with Crippen LogP contribution in [0, 0.1) is 5.82 Å². The van der Waals surface area contributed by atoms with E-state index in [1.807, 2.05) is 93.0 Å². The van der Waals surface area contributed by atoms with Gasteiger partial charge in [0, 0.05) is 42.3 Å². The molecule has 4 heterocycles. The number of carbonyl (C=O) groups excluding carboxylic acids is 2. The third kappa shape index (κ3) is 8.49. The van der Waals surface area contributed by atoms with Crippen LogP contribution in [0.4, 0.5) is 15.0 Å². The van der Waals surface area contributed by atoms with Gasteiger partial charge in [0.15, 0.2) is 17.3 Å². The van der Waals surface area contributed by atoms with Gasteiger partial charge in [-0.2, -0.15) is 10.1 Å². The number of methoxy groups -OCH3 is 1. The molecule has 0 unspecified atom stereocenters. The van der Waals surface area contributed by atoms with Crippen LogP contribution in [-0.2, 0) is 29.8 Å². The number of benzene rings is 3. The Kier molecular flexibility index (Phi) is 11.0. The van der Waals surface area contributed by atoms with Crippen molar-refractivity contribution >= 4 is 28.9 Å². The number of halogens is 1. The number of carbonyl (C=O) groups is 2. The van der Waals surface area contributed by atoms with Gasteiger partial charge < -0.3 is 29.5 Å². The first kappa shape index (κ1) is 38.0. The lowest BCUT2D eigenvalue weighted by atomic mass is 9.96. The number of hydrogen-bond acceptors (Lipinski definition) is 10. The molecular formula is C42H45FN8O5. The number of nitrogens with one attached hydrogen (secondary N) is 2. The molecule has 2 amide bonds. The normalized spacial score (nSPS) is 15.8. The van der Waals surface area contributed by atoms with Crippen LogP contribution in [0.3, 0.4) is 0 Å². The van der Waals surface area contributed by atoms with E-state index >= 15 is 4.39 Å². The molecule has 56 heavy (non-hydrogen) atoms. The number of anilines is 1. The van der Waals surface area contributed by atoms with Gasteiger partial charge in [0.25, 0.3) is 0 Å².